The van der Waals surface area contributed by atoms with Crippen LogP contribution in [0.1, 0.15) is 22.8 Å². The molecule has 1 amide bonds. The number of aromatic hydroxyl groups is 2. The molecule has 0 radical (unpaired) electrons. The fraction of sp³-hybridized carbons (Fsp3) is 0.0667. The predicted molar refractivity (Wildman–Crippen MR) is 85.9 cm³/mol. The largest absolute Gasteiger partial charge is 0.508 e. The number of rotatable bonds is 3. The topological polar surface area (TPSA) is 81.9 Å². The Labute approximate surface area is 136 Å². The minimum absolute atomic E-state index is 0.0646. The van der Waals surface area contributed by atoms with Crippen molar-refractivity contribution in [3.05, 3.63) is 57.6 Å². The molecule has 3 N–H and O–H groups in total. The van der Waals surface area contributed by atoms with Crippen molar-refractivity contribution >= 4 is 34.8 Å². The van der Waals surface area contributed by atoms with Crippen LogP contribution in [0.4, 0.5) is 0 Å². The first-order chi connectivity index (χ1) is 10.4. The Bertz CT molecular complexity index is 743. The molecule has 114 valence electrons. The first-order valence-electron chi connectivity index (χ1n) is 6.20. The summed E-state index contributed by atoms with van der Waals surface area (Å²) < 4.78 is 0. The summed E-state index contributed by atoms with van der Waals surface area (Å²) in [5, 5.41) is 23.4. The molecule has 0 saturated carbocycles. The SMILES string of the molecule is C/C(=N\NC(=O)c1ccc(O)cc1)c1cc(Cl)cc(Cl)c1O. The van der Waals surface area contributed by atoms with E-state index in [1.54, 1.807) is 6.92 Å². The van der Waals surface area contributed by atoms with Gasteiger partial charge in [0.1, 0.15) is 11.5 Å². The summed E-state index contributed by atoms with van der Waals surface area (Å²) in [7, 11) is 0. The summed E-state index contributed by atoms with van der Waals surface area (Å²) >= 11 is 11.7. The third kappa shape index (κ3) is 3.69. The van der Waals surface area contributed by atoms with Gasteiger partial charge in [0.25, 0.3) is 5.91 Å². The Balaban J connectivity index is 2.19. The number of benzene rings is 2. The van der Waals surface area contributed by atoms with Gasteiger partial charge >= 0.3 is 0 Å². The van der Waals surface area contributed by atoms with Gasteiger partial charge in [0, 0.05) is 16.1 Å². The van der Waals surface area contributed by atoms with Gasteiger partial charge in [-0.2, -0.15) is 5.10 Å². The number of hydrogen-bond acceptors (Lipinski definition) is 4. The standard InChI is InChI=1S/C15H12Cl2N2O3/c1-8(12-6-10(16)7-13(17)14(12)21)18-19-15(22)9-2-4-11(20)5-3-9/h2-7,20-21H,1H3,(H,19,22)/b18-8+. The monoisotopic (exact) mass is 338 g/mol. The van der Waals surface area contributed by atoms with Gasteiger partial charge in [-0.1, -0.05) is 23.2 Å². The maximum absolute atomic E-state index is 11.9. The van der Waals surface area contributed by atoms with Crippen LogP contribution in [0.2, 0.25) is 10.0 Å². The summed E-state index contributed by atoms with van der Waals surface area (Å²) in [5.74, 6) is -0.548. The van der Waals surface area contributed by atoms with Gasteiger partial charge in [-0.05, 0) is 43.3 Å². The van der Waals surface area contributed by atoms with Crippen LogP contribution in [0.15, 0.2) is 41.5 Å². The van der Waals surface area contributed by atoms with Crippen LogP contribution in [-0.4, -0.2) is 21.8 Å². The molecular weight excluding hydrogens is 327 g/mol. The molecule has 2 aromatic rings. The van der Waals surface area contributed by atoms with E-state index in [4.69, 9.17) is 23.2 Å². The Morgan fingerprint density at radius 1 is 1.14 bits per heavy atom. The summed E-state index contributed by atoms with van der Waals surface area (Å²) in [6.07, 6.45) is 0. The number of carbonyl (C=O) groups excluding carboxylic acids is 1. The highest BCUT2D eigenvalue weighted by Gasteiger charge is 2.11. The highest BCUT2D eigenvalue weighted by Crippen LogP contribution is 2.31. The molecular formula is C15H12Cl2N2O3. The molecule has 0 bridgehead atoms. The first-order valence-corrected chi connectivity index (χ1v) is 6.96. The van der Waals surface area contributed by atoms with Crippen LogP contribution in [0.5, 0.6) is 11.5 Å². The fourth-order valence-electron chi connectivity index (χ4n) is 1.71. The molecule has 2 rings (SSSR count). The molecule has 0 aromatic heterocycles. The Hall–Kier alpha value is -2.24. The van der Waals surface area contributed by atoms with Crippen LogP contribution in [-0.2, 0) is 0 Å². The van der Waals surface area contributed by atoms with Crippen molar-refractivity contribution in [2.24, 2.45) is 5.10 Å². The van der Waals surface area contributed by atoms with Crippen LogP contribution in [0.3, 0.4) is 0 Å². The van der Waals surface area contributed by atoms with Gasteiger partial charge in [0.15, 0.2) is 0 Å². The van der Waals surface area contributed by atoms with Gasteiger partial charge in [0.05, 0.1) is 10.7 Å². The van der Waals surface area contributed by atoms with Crippen molar-refractivity contribution in [3.8, 4) is 11.5 Å². The van der Waals surface area contributed by atoms with E-state index >= 15 is 0 Å². The maximum Gasteiger partial charge on any atom is 0.271 e. The second-order valence-electron chi connectivity index (χ2n) is 4.47. The van der Waals surface area contributed by atoms with Crippen molar-refractivity contribution in [3.63, 3.8) is 0 Å². The number of carbonyl (C=O) groups is 1. The van der Waals surface area contributed by atoms with Crippen molar-refractivity contribution < 1.29 is 15.0 Å². The normalized spacial score (nSPS) is 11.3. The van der Waals surface area contributed by atoms with E-state index in [0.29, 0.717) is 21.9 Å². The third-order valence-electron chi connectivity index (χ3n) is 2.87. The number of hydrogen-bond donors (Lipinski definition) is 3. The predicted octanol–water partition coefficient (Wildman–Crippen LogP) is 3.56. The maximum atomic E-state index is 11.9. The lowest BCUT2D eigenvalue weighted by atomic mass is 10.1. The highest BCUT2D eigenvalue weighted by atomic mass is 35.5. The van der Waals surface area contributed by atoms with Crippen LogP contribution < -0.4 is 5.43 Å². The average molecular weight is 339 g/mol. The molecule has 0 unspecified atom stereocenters. The fourth-order valence-corrected chi connectivity index (χ4v) is 2.21. The number of nitrogens with one attached hydrogen (secondary N) is 1. The molecule has 0 atom stereocenters. The van der Waals surface area contributed by atoms with Gasteiger partial charge in [-0.15, -0.1) is 0 Å². The van der Waals surface area contributed by atoms with Crippen LogP contribution >= 0.6 is 23.2 Å². The van der Waals surface area contributed by atoms with E-state index in [0.717, 1.165) is 0 Å². The Morgan fingerprint density at radius 2 is 1.77 bits per heavy atom. The van der Waals surface area contributed by atoms with Crippen LogP contribution in [0, 0.1) is 0 Å². The second kappa shape index (κ2) is 6.68. The van der Waals surface area contributed by atoms with E-state index in [9.17, 15) is 15.0 Å². The molecule has 0 fully saturated rings. The summed E-state index contributed by atoms with van der Waals surface area (Å²) in [5.41, 5.74) is 3.35. The molecule has 7 heteroatoms. The van der Waals surface area contributed by atoms with Crippen molar-refractivity contribution in [2.75, 3.05) is 0 Å². The summed E-state index contributed by atoms with van der Waals surface area (Å²) in [6, 6.07) is 8.62. The molecule has 0 heterocycles. The van der Waals surface area contributed by atoms with E-state index in [1.807, 2.05) is 0 Å². The van der Waals surface area contributed by atoms with Crippen molar-refractivity contribution in [1.29, 1.82) is 0 Å². The number of phenols is 2. The molecule has 0 aliphatic heterocycles. The summed E-state index contributed by atoms with van der Waals surface area (Å²) in [6.45, 7) is 1.60. The van der Waals surface area contributed by atoms with E-state index in [1.165, 1.54) is 36.4 Å². The molecule has 2 aromatic carbocycles. The van der Waals surface area contributed by atoms with E-state index in [-0.39, 0.29) is 16.5 Å². The van der Waals surface area contributed by atoms with Crippen molar-refractivity contribution in [2.45, 2.75) is 6.92 Å². The number of amides is 1. The van der Waals surface area contributed by atoms with Crippen LogP contribution in [0.25, 0.3) is 0 Å². The van der Waals surface area contributed by atoms with Gasteiger partial charge in [0.2, 0.25) is 0 Å². The van der Waals surface area contributed by atoms with Crippen molar-refractivity contribution in [1.82, 2.24) is 5.43 Å². The molecule has 0 spiro atoms. The molecule has 0 saturated heterocycles. The van der Waals surface area contributed by atoms with Gasteiger partial charge in [-0.3, -0.25) is 4.79 Å². The molecule has 5 nitrogen and oxygen atoms in total. The summed E-state index contributed by atoms with van der Waals surface area (Å²) in [4.78, 5) is 11.9. The minimum Gasteiger partial charge on any atom is -0.508 e. The van der Waals surface area contributed by atoms with E-state index in [2.05, 4.69) is 10.5 Å². The molecule has 22 heavy (non-hydrogen) atoms. The van der Waals surface area contributed by atoms with E-state index < -0.39 is 5.91 Å². The lowest BCUT2D eigenvalue weighted by molar-refractivity contribution is 0.0955. The lowest BCUT2D eigenvalue weighted by Crippen LogP contribution is -2.19. The number of hydrazone groups is 1. The highest BCUT2D eigenvalue weighted by molar-refractivity contribution is 6.36. The lowest BCUT2D eigenvalue weighted by Gasteiger charge is -2.07. The zero-order chi connectivity index (χ0) is 16.3. The van der Waals surface area contributed by atoms with Gasteiger partial charge < -0.3 is 10.2 Å². The second-order valence-corrected chi connectivity index (χ2v) is 5.31. The Kier molecular flexibility index (Phi) is 4.90. The average Bonchev–Trinajstić information content (AvgIpc) is 2.48. The smallest absolute Gasteiger partial charge is 0.271 e. The third-order valence-corrected chi connectivity index (χ3v) is 3.38. The quantitative estimate of drug-likeness (QED) is 0.591. The van der Waals surface area contributed by atoms with Gasteiger partial charge in [-0.25, -0.2) is 5.43 Å². The Morgan fingerprint density at radius 3 is 2.41 bits per heavy atom. The number of phenolic OH excluding ortho intramolecular Hbond substituents is 2. The zero-order valence-corrected chi connectivity index (χ0v) is 13.0. The zero-order valence-electron chi connectivity index (χ0n) is 11.5. The molecule has 0 aliphatic rings. The minimum atomic E-state index is -0.452. The molecule has 0 aliphatic carbocycles. The number of halogens is 2. The first kappa shape index (κ1) is 16.1. The number of nitrogens with zero attached hydrogens (tertiary/aromatic N) is 1.